The van der Waals surface area contributed by atoms with Gasteiger partial charge in [0.2, 0.25) is 0 Å². The van der Waals surface area contributed by atoms with Crippen LogP contribution >= 0.6 is 24.0 Å². The minimum absolute atomic E-state index is 0. The normalized spacial score (nSPS) is 28.2. The van der Waals surface area contributed by atoms with Gasteiger partial charge >= 0.3 is 0 Å². The van der Waals surface area contributed by atoms with Gasteiger partial charge in [-0.1, -0.05) is 20.8 Å². The first-order valence-electron chi connectivity index (χ1n) is 8.95. The van der Waals surface area contributed by atoms with Crippen molar-refractivity contribution in [2.24, 2.45) is 10.4 Å². The third-order valence-electron chi connectivity index (χ3n) is 4.91. The van der Waals surface area contributed by atoms with Gasteiger partial charge in [0.25, 0.3) is 0 Å². The lowest BCUT2D eigenvalue weighted by molar-refractivity contribution is 0.0152. The van der Waals surface area contributed by atoms with Crippen molar-refractivity contribution in [1.82, 2.24) is 20.4 Å². The molecule has 24 heavy (non-hydrogen) atoms. The number of piperazine rings is 3. The van der Waals surface area contributed by atoms with Crippen LogP contribution in [-0.4, -0.2) is 87.4 Å². The molecule has 2 bridgehead atoms. The molecule has 2 unspecified atom stereocenters. The minimum atomic E-state index is 0. The average molecular weight is 453 g/mol. The maximum atomic E-state index is 5.60. The Labute approximate surface area is 164 Å². The van der Waals surface area contributed by atoms with Crippen molar-refractivity contribution in [3.63, 3.8) is 0 Å². The number of aliphatic imine (C=N–C) groups is 1. The van der Waals surface area contributed by atoms with E-state index in [0.29, 0.717) is 12.6 Å². The standard InChI is InChI=1S/C17H35N5O.HI/c1-6-18-16(20-12-15(23-5)17(2,3)4)19-11-14-13-21-7-9-22(14)10-8-21;/h14-15H,6-13H2,1-5H3,(H2,18,19,20);1H. The number of hydrogen-bond acceptors (Lipinski definition) is 4. The lowest BCUT2D eigenvalue weighted by Crippen LogP contribution is -2.63. The van der Waals surface area contributed by atoms with Gasteiger partial charge in [-0.2, -0.15) is 0 Å². The Morgan fingerprint density at radius 1 is 1.21 bits per heavy atom. The molecule has 0 aromatic carbocycles. The van der Waals surface area contributed by atoms with Crippen LogP contribution in [0.3, 0.4) is 0 Å². The zero-order valence-electron chi connectivity index (χ0n) is 16.0. The minimum Gasteiger partial charge on any atom is -0.379 e. The second-order valence-electron chi connectivity index (χ2n) is 7.68. The molecule has 142 valence electrons. The number of guanidine groups is 1. The lowest BCUT2D eigenvalue weighted by atomic mass is 9.89. The Morgan fingerprint density at radius 3 is 2.33 bits per heavy atom. The summed E-state index contributed by atoms with van der Waals surface area (Å²) in [6.07, 6.45) is 0.124. The van der Waals surface area contributed by atoms with Gasteiger partial charge in [-0.05, 0) is 12.3 Å². The maximum absolute atomic E-state index is 5.60. The smallest absolute Gasteiger partial charge is 0.191 e. The van der Waals surface area contributed by atoms with E-state index in [2.05, 4.69) is 48.1 Å². The predicted octanol–water partition coefficient (Wildman–Crippen LogP) is 1.22. The molecule has 0 spiro atoms. The SMILES string of the molecule is CCNC(=NCC(OC)C(C)(C)C)NCC1CN2CCN1CC2.I. The van der Waals surface area contributed by atoms with Gasteiger partial charge in [0, 0.05) is 59.0 Å². The second-order valence-corrected chi connectivity index (χ2v) is 7.68. The molecular weight excluding hydrogens is 417 g/mol. The first kappa shape index (κ1) is 21.9. The summed E-state index contributed by atoms with van der Waals surface area (Å²) in [6, 6.07) is 0.599. The average Bonchev–Trinajstić information content (AvgIpc) is 2.53. The number of methoxy groups -OCH3 is 1. The van der Waals surface area contributed by atoms with E-state index in [-0.39, 0.29) is 35.5 Å². The van der Waals surface area contributed by atoms with Crippen LogP contribution in [0.5, 0.6) is 0 Å². The summed E-state index contributed by atoms with van der Waals surface area (Å²) in [5.74, 6) is 0.899. The summed E-state index contributed by atoms with van der Waals surface area (Å²) < 4.78 is 5.60. The van der Waals surface area contributed by atoms with Crippen LogP contribution in [0.2, 0.25) is 0 Å². The summed E-state index contributed by atoms with van der Waals surface area (Å²) in [7, 11) is 1.77. The zero-order valence-corrected chi connectivity index (χ0v) is 18.3. The molecule has 2 N–H and O–H groups in total. The highest BCUT2D eigenvalue weighted by Crippen LogP contribution is 2.21. The van der Waals surface area contributed by atoms with Gasteiger partial charge in [0.1, 0.15) is 0 Å². The number of ether oxygens (including phenoxy) is 1. The van der Waals surface area contributed by atoms with Crippen molar-refractivity contribution >= 4 is 29.9 Å². The molecule has 2 atom stereocenters. The van der Waals surface area contributed by atoms with Crippen molar-refractivity contribution in [2.75, 3.05) is 59.5 Å². The van der Waals surface area contributed by atoms with Crippen molar-refractivity contribution in [3.05, 3.63) is 0 Å². The van der Waals surface area contributed by atoms with E-state index in [9.17, 15) is 0 Å². The highest BCUT2D eigenvalue weighted by molar-refractivity contribution is 14.0. The Balaban J connectivity index is 0.00000288. The number of fused-ring (bicyclic) bond motifs is 3. The summed E-state index contributed by atoms with van der Waals surface area (Å²) in [6.45, 7) is 17.2. The molecule has 3 aliphatic heterocycles. The quantitative estimate of drug-likeness (QED) is 0.360. The van der Waals surface area contributed by atoms with Crippen molar-refractivity contribution in [3.8, 4) is 0 Å². The maximum Gasteiger partial charge on any atom is 0.191 e. The van der Waals surface area contributed by atoms with Gasteiger partial charge in [-0.15, -0.1) is 24.0 Å². The fourth-order valence-corrected chi connectivity index (χ4v) is 3.35. The van der Waals surface area contributed by atoms with Crippen LogP contribution < -0.4 is 10.6 Å². The second kappa shape index (κ2) is 10.1. The third kappa shape index (κ3) is 6.31. The van der Waals surface area contributed by atoms with E-state index >= 15 is 0 Å². The van der Waals surface area contributed by atoms with Gasteiger partial charge < -0.3 is 15.4 Å². The van der Waals surface area contributed by atoms with E-state index in [4.69, 9.17) is 9.73 Å². The Kier molecular flexibility index (Phi) is 9.25. The number of hydrogen-bond donors (Lipinski definition) is 2. The molecule has 0 aliphatic carbocycles. The lowest BCUT2D eigenvalue weighted by Gasteiger charge is -2.47. The van der Waals surface area contributed by atoms with Crippen LogP contribution in [0.15, 0.2) is 4.99 Å². The first-order valence-corrected chi connectivity index (χ1v) is 8.95. The number of nitrogens with zero attached hydrogens (tertiary/aromatic N) is 3. The fourth-order valence-electron chi connectivity index (χ4n) is 3.35. The highest BCUT2D eigenvalue weighted by atomic mass is 127. The topological polar surface area (TPSA) is 52.1 Å². The van der Waals surface area contributed by atoms with Gasteiger partial charge in [0.05, 0.1) is 12.6 Å². The zero-order chi connectivity index (χ0) is 16.9. The fraction of sp³-hybridized carbons (Fsp3) is 0.941. The highest BCUT2D eigenvalue weighted by Gasteiger charge is 2.31. The molecule has 3 rings (SSSR count). The monoisotopic (exact) mass is 453 g/mol. The summed E-state index contributed by atoms with van der Waals surface area (Å²) in [4.78, 5) is 9.90. The van der Waals surface area contributed by atoms with Crippen LogP contribution in [0.4, 0.5) is 0 Å². The van der Waals surface area contributed by atoms with Crippen LogP contribution in [0, 0.1) is 5.41 Å². The number of rotatable bonds is 6. The van der Waals surface area contributed by atoms with Gasteiger partial charge in [-0.25, -0.2) is 0 Å². The molecule has 0 aromatic rings. The first-order chi connectivity index (χ1) is 10.9. The molecule has 3 saturated heterocycles. The summed E-state index contributed by atoms with van der Waals surface area (Å²) in [5.41, 5.74) is 0.0943. The molecule has 0 amide bonds. The number of nitrogens with one attached hydrogen (secondary N) is 2. The van der Waals surface area contributed by atoms with Gasteiger partial charge in [0.15, 0.2) is 5.96 Å². The number of halogens is 1. The molecule has 7 heteroatoms. The largest absolute Gasteiger partial charge is 0.379 e. The molecule has 0 saturated carbocycles. The van der Waals surface area contributed by atoms with E-state index < -0.39 is 0 Å². The Hall–Kier alpha value is -0.120. The van der Waals surface area contributed by atoms with Crippen LogP contribution in [-0.2, 0) is 4.74 Å². The van der Waals surface area contributed by atoms with Gasteiger partial charge in [-0.3, -0.25) is 14.8 Å². The third-order valence-corrected chi connectivity index (χ3v) is 4.91. The van der Waals surface area contributed by atoms with E-state index in [1.165, 1.54) is 32.7 Å². The molecule has 3 fully saturated rings. The predicted molar refractivity (Wildman–Crippen MR) is 111 cm³/mol. The van der Waals surface area contributed by atoms with Crippen LogP contribution in [0.1, 0.15) is 27.7 Å². The molecule has 3 heterocycles. The Morgan fingerprint density at radius 2 is 1.88 bits per heavy atom. The van der Waals surface area contributed by atoms with E-state index in [1.54, 1.807) is 7.11 Å². The molecule has 0 aromatic heterocycles. The summed E-state index contributed by atoms with van der Waals surface area (Å²) in [5, 5.41) is 6.87. The summed E-state index contributed by atoms with van der Waals surface area (Å²) >= 11 is 0. The van der Waals surface area contributed by atoms with Crippen LogP contribution in [0.25, 0.3) is 0 Å². The van der Waals surface area contributed by atoms with Crippen molar-refractivity contribution in [1.29, 1.82) is 0 Å². The van der Waals surface area contributed by atoms with E-state index in [1.807, 2.05) is 0 Å². The van der Waals surface area contributed by atoms with Crippen molar-refractivity contribution < 1.29 is 4.74 Å². The van der Waals surface area contributed by atoms with E-state index in [0.717, 1.165) is 19.0 Å². The molecule has 6 nitrogen and oxygen atoms in total. The Bertz CT molecular complexity index is 391. The molecular formula is C17H36IN5O. The molecule has 3 aliphatic rings. The van der Waals surface area contributed by atoms with Crippen molar-refractivity contribution in [2.45, 2.75) is 39.8 Å². The molecule has 0 radical (unpaired) electrons.